The van der Waals surface area contributed by atoms with Crippen LogP contribution < -0.4 is 38.1 Å². The predicted molar refractivity (Wildman–Crippen MR) is 236 cm³/mol. The minimum atomic E-state index is -0.600. The number of nitrogens with one attached hydrogen (secondary N) is 1. The van der Waals surface area contributed by atoms with Gasteiger partial charge in [0.25, 0.3) is 0 Å². The van der Waals surface area contributed by atoms with E-state index in [0.29, 0.717) is 17.1 Å². The van der Waals surface area contributed by atoms with Crippen molar-refractivity contribution in [3.8, 4) is 0 Å². The summed E-state index contributed by atoms with van der Waals surface area (Å²) < 4.78 is 0. The van der Waals surface area contributed by atoms with Crippen molar-refractivity contribution in [2.24, 2.45) is 0 Å². The zero-order chi connectivity index (χ0) is 39.5. The molecular formula is C38H68ClN12O4V-. The van der Waals surface area contributed by atoms with Crippen molar-refractivity contribution >= 4 is 57.1 Å². The van der Waals surface area contributed by atoms with Gasteiger partial charge in [0.2, 0.25) is 0 Å². The fourth-order valence-electron chi connectivity index (χ4n) is 5.44. The third-order valence-corrected chi connectivity index (χ3v) is 8.88. The summed E-state index contributed by atoms with van der Waals surface area (Å²) in [6.45, 7) is 17.8. The number of piperazine rings is 3. The molecule has 3 aromatic rings. The van der Waals surface area contributed by atoms with Gasteiger partial charge in [-0.3, -0.25) is 20.2 Å². The maximum Gasteiger partial charge on any atom is 0.315 e. The molecule has 3 aromatic carbocycles. The largest absolute Gasteiger partial charge is 0.397 e. The van der Waals surface area contributed by atoms with Crippen LogP contribution in [0.4, 0.5) is 45.5 Å². The van der Waals surface area contributed by atoms with Crippen LogP contribution in [0.5, 0.6) is 0 Å². The zero-order valence-electron chi connectivity index (χ0n) is 32.0. The number of rotatable bonds is 4. The molecule has 0 unspecified atom stereocenters. The van der Waals surface area contributed by atoms with E-state index >= 15 is 0 Å². The smallest absolute Gasteiger partial charge is 0.315 e. The van der Waals surface area contributed by atoms with Crippen LogP contribution >= 0.6 is 11.6 Å². The van der Waals surface area contributed by atoms with Crippen LogP contribution in [-0.2, 0) is 18.6 Å². The molecule has 3 aliphatic rings. The van der Waals surface area contributed by atoms with E-state index in [4.69, 9.17) is 34.5 Å². The minimum Gasteiger partial charge on any atom is -0.397 e. The third-order valence-electron chi connectivity index (χ3n) is 8.57. The summed E-state index contributed by atoms with van der Waals surface area (Å²) in [5, 5.41) is 24.7. The Morgan fingerprint density at radius 3 is 1.39 bits per heavy atom. The van der Waals surface area contributed by atoms with Crippen molar-refractivity contribution in [1.29, 1.82) is 0 Å². The maximum atomic E-state index is 11.0. The number of hydrogen-bond acceptors (Lipinski definition) is 14. The van der Waals surface area contributed by atoms with E-state index < -0.39 is 9.85 Å². The number of hydrogen-bond donors (Lipinski definition) is 5. The van der Waals surface area contributed by atoms with Crippen molar-refractivity contribution in [3.63, 3.8) is 0 Å². The molecule has 1 radical (unpaired) electrons. The molecule has 3 saturated heterocycles. The van der Waals surface area contributed by atoms with Gasteiger partial charge in [0.05, 0.1) is 26.9 Å². The van der Waals surface area contributed by atoms with Crippen LogP contribution in [0.15, 0.2) is 54.6 Å². The first kappa shape index (κ1) is 54.1. The normalized spacial score (nSPS) is 15.4. The van der Waals surface area contributed by atoms with Crippen LogP contribution in [0.25, 0.3) is 0 Å². The Morgan fingerprint density at radius 2 is 1.02 bits per heavy atom. The van der Waals surface area contributed by atoms with E-state index in [2.05, 4.69) is 45.9 Å². The zero-order valence-corrected chi connectivity index (χ0v) is 34.1. The predicted octanol–water partition coefficient (Wildman–Crippen LogP) is 5.63. The van der Waals surface area contributed by atoms with Crippen LogP contribution in [0, 0.1) is 27.2 Å². The van der Waals surface area contributed by atoms with Gasteiger partial charge in [0.1, 0.15) is 22.1 Å². The Bertz CT molecular complexity index is 1560. The molecule has 0 atom stereocenters. The molecule has 18 heteroatoms. The Balaban J connectivity index is -0.000000673. The van der Waals surface area contributed by atoms with Crippen molar-refractivity contribution in [2.45, 2.75) is 28.2 Å². The van der Waals surface area contributed by atoms with Gasteiger partial charge in [-0.25, -0.2) is 0 Å². The fourth-order valence-corrected chi connectivity index (χ4v) is 5.70. The van der Waals surface area contributed by atoms with E-state index in [9.17, 15) is 20.2 Å². The molecule has 0 aromatic heterocycles. The molecule has 0 aliphatic carbocycles. The number of anilines is 6. The van der Waals surface area contributed by atoms with Crippen molar-refractivity contribution in [1.82, 2.24) is 20.0 Å². The molecule has 3 heterocycles. The molecule has 0 spiro atoms. The van der Waals surface area contributed by atoms with Crippen molar-refractivity contribution in [2.75, 3.05) is 132 Å². The Kier molecular flexibility index (Phi) is 27.4. The van der Waals surface area contributed by atoms with Gasteiger partial charge in [-0.2, -0.15) is 6.42 Å². The molecule has 16 nitrogen and oxygen atoms in total. The number of likely N-dealkylation sites (N-methyl/N-ethyl adjacent to an activating group) is 3. The number of nitrogens with zero attached hydrogens (tertiary/aromatic N) is 7. The Labute approximate surface area is 353 Å². The average Bonchev–Trinajstić information content (AvgIpc) is 3.11. The van der Waals surface area contributed by atoms with E-state index in [-0.39, 0.29) is 62.6 Å². The second-order valence-corrected chi connectivity index (χ2v) is 13.2. The minimum absolute atomic E-state index is 0. The Hall–Kier alpha value is -4.03. The number of nitrogen functional groups attached to an aromatic ring is 4. The fraction of sp³-hybridized carbons (Fsp3) is 0.500. The summed E-state index contributed by atoms with van der Waals surface area (Å²) in [5.41, 5.74) is 25.9. The van der Waals surface area contributed by atoms with Crippen LogP contribution in [0.2, 0.25) is 5.02 Å². The summed E-state index contributed by atoms with van der Waals surface area (Å²) >= 11 is 5.50. The first-order valence-corrected chi connectivity index (χ1v) is 18.0. The van der Waals surface area contributed by atoms with Gasteiger partial charge in [0.15, 0.2) is 0 Å². The van der Waals surface area contributed by atoms with Crippen molar-refractivity contribution < 1.29 is 29.8 Å². The van der Waals surface area contributed by atoms with E-state index in [1.807, 2.05) is 37.1 Å². The molecule has 3 aliphatic heterocycles. The second-order valence-electron chi connectivity index (χ2n) is 12.8. The molecule has 3 fully saturated rings. The number of benzene rings is 3. The molecule has 0 saturated carbocycles. The third kappa shape index (κ3) is 17.8. The van der Waals surface area contributed by atoms with Crippen LogP contribution in [0.3, 0.4) is 0 Å². The SMILES string of the molecule is C.C.CN1CCN(c2cccc(N)c2N)CC1.CN1CCN(c2cccc(N)c2[N+](=O)[O-])CC1.CN1CCNCC1.Nc1cccc(Cl)c1[N+](=O)[O-].[CH2-]CC.[HH].[V]. The summed E-state index contributed by atoms with van der Waals surface area (Å²) in [5.74, 6) is 0. The van der Waals surface area contributed by atoms with Gasteiger partial charge in [-0.05, 0) is 57.5 Å². The maximum absolute atomic E-state index is 11.0. The van der Waals surface area contributed by atoms with Gasteiger partial charge >= 0.3 is 11.4 Å². The standard InChI is InChI=1S/C11H16N4O2.C11H18N4.C6H5ClN2O2.C5H12N2.C3H7.2CH4.V.H2/c1-13-5-7-14(8-6-13)10-4-2-3-9(12)11(10)15(16)17;1-14-5-7-15(8-6-14)10-4-2-3-9(12)11(10)13;7-4-2-1-3-5(8)6(4)9(10)11;1-7-4-2-6-3-5-7;1-3-2;;;;/h2-4H,5-8,12H2,1H3;2-4H,5-8,12-13H2,1H3;1-3H,8H2;6H,2-5H2,1H3;1,3H2,2H3;2*1H4;;1H/q;;;;-1;;;;. The summed E-state index contributed by atoms with van der Waals surface area (Å²) in [6.07, 6.45) is 1.00. The first-order valence-electron chi connectivity index (χ1n) is 17.6. The molecule has 0 amide bonds. The molecule has 0 bridgehead atoms. The number of halogens is 1. The number of nitrogens with two attached hydrogens (primary N) is 4. The van der Waals surface area contributed by atoms with Gasteiger partial charge < -0.3 is 59.7 Å². The first-order chi connectivity index (χ1) is 25.2. The molecule has 56 heavy (non-hydrogen) atoms. The van der Waals surface area contributed by atoms with Crippen LogP contribution in [0.1, 0.15) is 29.6 Å². The average molecular weight is 843 g/mol. The molecular weight excluding hydrogens is 775 g/mol. The van der Waals surface area contributed by atoms with E-state index in [1.165, 1.54) is 25.2 Å². The number of para-hydroxylation sites is 3. The molecule has 6 rings (SSSR count). The molecule has 9 N–H and O–H groups in total. The monoisotopic (exact) mass is 842 g/mol. The summed E-state index contributed by atoms with van der Waals surface area (Å²) in [6, 6.07) is 15.4. The Morgan fingerprint density at radius 1 is 0.661 bits per heavy atom. The van der Waals surface area contributed by atoms with Crippen molar-refractivity contribution in [3.05, 3.63) is 86.8 Å². The van der Waals surface area contributed by atoms with Gasteiger partial charge in [-0.15, -0.1) is 0 Å². The second kappa shape index (κ2) is 28.4. The van der Waals surface area contributed by atoms with E-state index in [1.54, 1.807) is 24.3 Å². The molecule has 317 valence electrons. The summed E-state index contributed by atoms with van der Waals surface area (Å²) in [4.78, 5) is 31.5. The topological polar surface area (TPSA) is 219 Å². The van der Waals surface area contributed by atoms with E-state index in [0.717, 1.165) is 77.6 Å². The quantitative estimate of drug-likeness (QED) is 0.0931. The van der Waals surface area contributed by atoms with Gasteiger partial charge in [0, 0.05) is 98.5 Å². The number of nitro groups is 2. The van der Waals surface area contributed by atoms with Gasteiger partial charge in [-0.1, -0.05) is 51.6 Å². The summed E-state index contributed by atoms with van der Waals surface area (Å²) in [7, 11) is 6.34. The van der Waals surface area contributed by atoms with Crippen LogP contribution in [-0.4, -0.2) is 124 Å². The number of nitro benzene ring substituents is 2.